The van der Waals surface area contributed by atoms with Gasteiger partial charge in [0.2, 0.25) is 0 Å². The van der Waals surface area contributed by atoms with Gasteiger partial charge >= 0.3 is 0 Å². The van der Waals surface area contributed by atoms with Crippen molar-refractivity contribution in [3.8, 4) is 5.69 Å². The molecule has 0 radical (unpaired) electrons. The lowest BCUT2D eigenvalue weighted by Gasteiger charge is -2.26. The van der Waals surface area contributed by atoms with Gasteiger partial charge in [-0.3, -0.25) is 9.59 Å². The number of hydrogen-bond acceptors (Lipinski definition) is 5. The molecule has 32 heavy (non-hydrogen) atoms. The van der Waals surface area contributed by atoms with Crippen LogP contribution in [0, 0.1) is 0 Å². The highest BCUT2D eigenvalue weighted by Gasteiger charge is 2.19. The third kappa shape index (κ3) is 4.54. The fraction of sp³-hybridized carbons (Fsp3) is 0.125. The van der Waals surface area contributed by atoms with Crippen LogP contribution < -0.4 is 5.32 Å². The summed E-state index contributed by atoms with van der Waals surface area (Å²) in [5, 5.41) is 14.0. The maximum absolute atomic E-state index is 13.0. The van der Waals surface area contributed by atoms with E-state index in [0.29, 0.717) is 16.8 Å². The number of tetrazole rings is 1. The van der Waals surface area contributed by atoms with E-state index in [4.69, 9.17) is 0 Å². The number of hydrogen-bond donors (Lipinski definition) is 1. The summed E-state index contributed by atoms with van der Waals surface area (Å²) in [6.07, 6.45) is 1.49. The number of amides is 2. The second-order valence-corrected chi connectivity index (χ2v) is 7.34. The van der Waals surface area contributed by atoms with Crippen molar-refractivity contribution in [2.24, 2.45) is 0 Å². The Bertz CT molecular complexity index is 1210. The summed E-state index contributed by atoms with van der Waals surface area (Å²) in [6, 6.07) is 23.4. The maximum Gasteiger partial charge on any atom is 0.255 e. The van der Waals surface area contributed by atoms with Crippen molar-refractivity contribution in [2.45, 2.75) is 13.0 Å². The van der Waals surface area contributed by atoms with E-state index in [-0.39, 0.29) is 17.9 Å². The molecule has 1 atom stereocenters. The Hall–Kier alpha value is -4.33. The van der Waals surface area contributed by atoms with Crippen molar-refractivity contribution in [1.29, 1.82) is 0 Å². The van der Waals surface area contributed by atoms with Crippen molar-refractivity contribution >= 4 is 17.5 Å². The fourth-order valence-corrected chi connectivity index (χ4v) is 3.31. The molecule has 0 fully saturated rings. The van der Waals surface area contributed by atoms with E-state index in [9.17, 15) is 9.59 Å². The maximum atomic E-state index is 13.0. The van der Waals surface area contributed by atoms with Crippen molar-refractivity contribution in [3.63, 3.8) is 0 Å². The third-order valence-electron chi connectivity index (χ3n) is 5.29. The highest BCUT2D eigenvalue weighted by Crippen LogP contribution is 2.24. The minimum atomic E-state index is -0.199. The Kier molecular flexibility index (Phi) is 6.03. The van der Waals surface area contributed by atoms with Crippen molar-refractivity contribution in [2.75, 3.05) is 12.4 Å². The van der Waals surface area contributed by atoms with Crippen molar-refractivity contribution in [1.82, 2.24) is 25.1 Å². The number of rotatable bonds is 6. The van der Waals surface area contributed by atoms with Gasteiger partial charge in [0.15, 0.2) is 0 Å². The molecule has 0 spiro atoms. The Morgan fingerprint density at radius 3 is 2.38 bits per heavy atom. The summed E-state index contributed by atoms with van der Waals surface area (Å²) in [6.45, 7) is 1.95. The Balaban J connectivity index is 1.46. The number of nitrogens with one attached hydrogen (secondary N) is 1. The minimum absolute atomic E-state index is 0.112. The van der Waals surface area contributed by atoms with Crippen LogP contribution in [0.15, 0.2) is 85.2 Å². The molecule has 4 aromatic rings. The molecular formula is C24H22N6O2. The minimum Gasteiger partial charge on any atom is -0.335 e. The van der Waals surface area contributed by atoms with Crippen LogP contribution in [0.3, 0.4) is 0 Å². The van der Waals surface area contributed by atoms with Gasteiger partial charge in [0, 0.05) is 23.9 Å². The lowest BCUT2D eigenvalue weighted by molar-refractivity contribution is 0.0742. The van der Waals surface area contributed by atoms with Crippen LogP contribution in [-0.4, -0.2) is 44.0 Å². The van der Waals surface area contributed by atoms with E-state index in [1.807, 2.05) is 49.4 Å². The van der Waals surface area contributed by atoms with Gasteiger partial charge in [-0.05, 0) is 71.4 Å². The number of benzene rings is 3. The van der Waals surface area contributed by atoms with Crippen LogP contribution in [0.2, 0.25) is 0 Å². The molecular weight excluding hydrogens is 404 g/mol. The summed E-state index contributed by atoms with van der Waals surface area (Å²) >= 11 is 0. The van der Waals surface area contributed by atoms with Gasteiger partial charge in [0.1, 0.15) is 6.33 Å². The Morgan fingerprint density at radius 2 is 1.69 bits per heavy atom. The molecule has 0 aliphatic rings. The molecule has 8 nitrogen and oxygen atoms in total. The Morgan fingerprint density at radius 1 is 0.938 bits per heavy atom. The van der Waals surface area contributed by atoms with Crippen LogP contribution in [0.25, 0.3) is 5.69 Å². The van der Waals surface area contributed by atoms with Gasteiger partial charge in [0.25, 0.3) is 11.8 Å². The van der Waals surface area contributed by atoms with Gasteiger partial charge in [-0.25, -0.2) is 4.68 Å². The fourth-order valence-electron chi connectivity index (χ4n) is 3.31. The average Bonchev–Trinajstić information content (AvgIpc) is 3.38. The van der Waals surface area contributed by atoms with Gasteiger partial charge in [-0.15, -0.1) is 5.10 Å². The molecule has 0 saturated heterocycles. The molecule has 8 heteroatoms. The molecule has 160 valence electrons. The summed E-state index contributed by atoms with van der Waals surface area (Å²) in [5.74, 6) is -0.290. The molecule has 0 aliphatic carbocycles. The number of nitrogens with zero attached hydrogens (tertiary/aromatic N) is 5. The first kappa shape index (κ1) is 20.9. The molecule has 3 aromatic carbocycles. The van der Waals surface area contributed by atoms with Gasteiger partial charge < -0.3 is 10.2 Å². The molecule has 1 aromatic heterocycles. The lowest BCUT2D eigenvalue weighted by Crippen LogP contribution is -2.29. The zero-order valence-corrected chi connectivity index (χ0v) is 17.7. The first-order valence-corrected chi connectivity index (χ1v) is 10.1. The SMILES string of the molecule is CC(c1cccc(NC(=O)c2ccccc2)c1)N(C)C(=O)c1ccc(-n2cnnn2)cc1. The van der Waals surface area contributed by atoms with Crippen molar-refractivity contribution in [3.05, 3.63) is 102 Å². The van der Waals surface area contributed by atoms with E-state index in [2.05, 4.69) is 20.8 Å². The summed E-state index contributed by atoms with van der Waals surface area (Å²) in [7, 11) is 1.76. The number of carbonyl (C=O) groups excluding carboxylic acids is 2. The van der Waals surface area contributed by atoms with Gasteiger partial charge in [0.05, 0.1) is 11.7 Å². The Labute approximate surface area is 185 Å². The second-order valence-electron chi connectivity index (χ2n) is 7.34. The van der Waals surface area contributed by atoms with E-state index >= 15 is 0 Å². The predicted octanol–water partition coefficient (Wildman–Crippen LogP) is 3.75. The second kappa shape index (κ2) is 9.22. The van der Waals surface area contributed by atoms with E-state index < -0.39 is 0 Å². The van der Waals surface area contributed by atoms with Crippen molar-refractivity contribution < 1.29 is 9.59 Å². The average molecular weight is 426 g/mol. The highest BCUT2D eigenvalue weighted by atomic mass is 16.2. The number of anilines is 1. The topological polar surface area (TPSA) is 93.0 Å². The summed E-state index contributed by atoms with van der Waals surface area (Å²) in [4.78, 5) is 27.1. The van der Waals surface area contributed by atoms with E-state index in [0.717, 1.165) is 11.3 Å². The quantitative estimate of drug-likeness (QED) is 0.507. The molecule has 4 rings (SSSR count). The zero-order valence-electron chi connectivity index (χ0n) is 17.7. The molecule has 1 unspecified atom stereocenters. The number of carbonyl (C=O) groups is 2. The molecule has 2 amide bonds. The third-order valence-corrected chi connectivity index (χ3v) is 5.29. The van der Waals surface area contributed by atoms with Crippen LogP contribution >= 0.6 is 0 Å². The molecule has 0 bridgehead atoms. The smallest absolute Gasteiger partial charge is 0.255 e. The zero-order chi connectivity index (χ0) is 22.5. The summed E-state index contributed by atoms with van der Waals surface area (Å²) in [5.41, 5.74) is 3.50. The van der Waals surface area contributed by atoms with Gasteiger partial charge in [-0.2, -0.15) is 0 Å². The predicted molar refractivity (Wildman–Crippen MR) is 120 cm³/mol. The van der Waals surface area contributed by atoms with Gasteiger partial charge in [-0.1, -0.05) is 30.3 Å². The first-order valence-electron chi connectivity index (χ1n) is 10.1. The summed E-state index contributed by atoms with van der Waals surface area (Å²) < 4.78 is 1.52. The first-order chi connectivity index (χ1) is 15.5. The molecule has 0 aliphatic heterocycles. The van der Waals surface area contributed by atoms with E-state index in [1.54, 1.807) is 48.3 Å². The molecule has 0 saturated carbocycles. The van der Waals surface area contributed by atoms with Crippen LogP contribution in [0.5, 0.6) is 0 Å². The molecule has 1 N–H and O–H groups in total. The monoisotopic (exact) mass is 426 g/mol. The van der Waals surface area contributed by atoms with Crippen LogP contribution in [0.1, 0.15) is 39.2 Å². The standard InChI is InChI=1S/C24H22N6O2/c1-17(20-9-6-10-21(15-20)26-23(31)18-7-4-3-5-8-18)29(2)24(32)19-11-13-22(14-12-19)30-16-25-27-28-30/h3-17H,1-2H3,(H,26,31). The number of aromatic nitrogens is 4. The van der Waals surface area contributed by atoms with E-state index in [1.165, 1.54) is 11.0 Å². The lowest BCUT2D eigenvalue weighted by atomic mass is 10.0. The normalized spacial score (nSPS) is 11.6. The van der Waals surface area contributed by atoms with Crippen LogP contribution in [-0.2, 0) is 0 Å². The van der Waals surface area contributed by atoms with Crippen LogP contribution in [0.4, 0.5) is 5.69 Å². The largest absolute Gasteiger partial charge is 0.335 e. The molecule has 1 heterocycles. The highest BCUT2D eigenvalue weighted by molar-refractivity contribution is 6.04.